The zero-order chi connectivity index (χ0) is 16.2. The summed E-state index contributed by atoms with van der Waals surface area (Å²) in [5.41, 5.74) is 1.53. The predicted octanol–water partition coefficient (Wildman–Crippen LogP) is 2.97. The third kappa shape index (κ3) is 4.53. The second-order valence-corrected chi connectivity index (χ2v) is 6.85. The van der Waals surface area contributed by atoms with Crippen LogP contribution in [0.1, 0.15) is 16.7 Å². The van der Waals surface area contributed by atoms with Crippen LogP contribution in [0, 0.1) is 17.1 Å². The fraction of sp³-hybridized carbons (Fsp3) is 0.133. The van der Waals surface area contributed by atoms with Crippen LogP contribution in [0.3, 0.4) is 0 Å². The van der Waals surface area contributed by atoms with Gasteiger partial charge in [0.05, 0.1) is 22.4 Å². The zero-order valence-electron chi connectivity index (χ0n) is 11.4. The molecule has 0 fully saturated rings. The second-order valence-electron chi connectivity index (χ2n) is 4.64. The highest BCUT2D eigenvalue weighted by Crippen LogP contribution is 2.17. The van der Waals surface area contributed by atoms with Crippen LogP contribution in [-0.2, 0) is 22.3 Å². The maximum absolute atomic E-state index is 13.0. The SMILES string of the molecule is N#Cc1cccc(CNS(=O)(=O)Cc2ccc(F)c(Cl)c2)c1. The van der Waals surface area contributed by atoms with Crippen molar-refractivity contribution in [2.45, 2.75) is 12.3 Å². The van der Waals surface area contributed by atoms with Crippen LogP contribution in [-0.4, -0.2) is 8.42 Å². The lowest BCUT2D eigenvalue weighted by Gasteiger charge is -2.08. The van der Waals surface area contributed by atoms with E-state index in [4.69, 9.17) is 16.9 Å². The number of nitrogens with zero attached hydrogens (tertiary/aromatic N) is 1. The van der Waals surface area contributed by atoms with Gasteiger partial charge in [-0.2, -0.15) is 5.26 Å². The van der Waals surface area contributed by atoms with Gasteiger partial charge in [0.1, 0.15) is 5.82 Å². The molecule has 7 heteroatoms. The van der Waals surface area contributed by atoms with E-state index in [0.717, 1.165) is 6.07 Å². The summed E-state index contributed by atoms with van der Waals surface area (Å²) >= 11 is 5.63. The standard InChI is InChI=1S/C15H12ClFN2O2S/c16-14-7-13(4-5-15(14)17)10-22(20,21)19-9-12-3-1-2-11(6-12)8-18/h1-7,19H,9-10H2. The number of sulfonamides is 1. The second kappa shape index (κ2) is 6.88. The van der Waals surface area contributed by atoms with Gasteiger partial charge in [-0.05, 0) is 35.4 Å². The molecule has 0 saturated carbocycles. The maximum Gasteiger partial charge on any atom is 0.216 e. The van der Waals surface area contributed by atoms with Crippen LogP contribution in [0.4, 0.5) is 4.39 Å². The molecule has 0 amide bonds. The smallest absolute Gasteiger partial charge is 0.212 e. The fourth-order valence-electron chi connectivity index (χ4n) is 1.84. The van der Waals surface area contributed by atoms with Crippen LogP contribution in [0.2, 0.25) is 5.02 Å². The number of hydrogen-bond acceptors (Lipinski definition) is 3. The van der Waals surface area contributed by atoms with E-state index in [0.29, 0.717) is 16.7 Å². The first-order chi connectivity index (χ1) is 10.4. The summed E-state index contributed by atoms with van der Waals surface area (Å²) in [4.78, 5) is 0. The first-order valence-corrected chi connectivity index (χ1v) is 8.33. The molecule has 0 radical (unpaired) electrons. The first-order valence-electron chi connectivity index (χ1n) is 6.30. The molecular weight excluding hydrogens is 327 g/mol. The summed E-state index contributed by atoms with van der Waals surface area (Å²) in [6, 6.07) is 12.4. The zero-order valence-corrected chi connectivity index (χ0v) is 13.0. The molecule has 0 heterocycles. The summed E-state index contributed by atoms with van der Waals surface area (Å²) in [6.45, 7) is 0.0762. The highest BCUT2D eigenvalue weighted by Gasteiger charge is 2.13. The van der Waals surface area contributed by atoms with Gasteiger partial charge >= 0.3 is 0 Å². The summed E-state index contributed by atoms with van der Waals surface area (Å²) < 4.78 is 39.5. The molecule has 4 nitrogen and oxygen atoms in total. The van der Waals surface area contributed by atoms with E-state index in [9.17, 15) is 12.8 Å². The maximum atomic E-state index is 13.0. The Morgan fingerprint density at radius 2 is 1.95 bits per heavy atom. The lowest BCUT2D eigenvalue weighted by atomic mass is 10.1. The van der Waals surface area contributed by atoms with E-state index in [-0.39, 0.29) is 17.3 Å². The molecular formula is C15H12ClFN2O2S. The molecule has 0 unspecified atom stereocenters. The van der Waals surface area contributed by atoms with Crippen molar-refractivity contribution in [2.75, 3.05) is 0 Å². The summed E-state index contributed by atoms with van der Waals surface area (Å²) in [5.74, 6) is -0.894. The van der Waals surface area contributed by atoms with Crippen molar-refractivity contribution in [3.63, 3.8) is 0 Å². The molecule has 2 aromatic rings. The van der Waals surface area contributed by atoms with Crippen molar-refractivity contribution in [2.24, 2.45) is 0 Å². The Balaban J connectivity index is 2.04. The molecule has 114 valence electrons. The quantitative estimate of drug-likeness (QED) is 0.911. The topological polar surface area (TPSA) is 70.0 Å². The van der Waals surface area contributed by atoms with Gasteiger partial charge < -0.3 is 0 Å². The van der Waals surface area contributed by atoms with E-state index >= 15 is 0 Å². The monoisotopic (exact) mass is 338 g/mol. The first kappa shape index (κ1) is 16.4. The minimum atomic E-state index is -3.60. The number of rotatable bonds is 5. The number of hydrogen-bond donors (Lipinski definition) is 1. The van der Waals surface area contributed by atoms with E-state index in [2.05, 4.69) is 4.72 Å². The minimum absolute atomic E-state index is 0.0762. The van der Waals surface area contributed by atoms with Crippen LogP contribution in [0.15, 0.2) is 42.5 Å². The summed E-state index contributed by atoms with van der Waals surface area (Å²) in [6.07, 6.45) is 0. The molecule has 2 rings (SSSR count). The van der Waals surface area contributed by atoms with E-state index in [1.165, 1.54) is 12.1 Å². The van der Waals surface area contributed by atoms with Gasteiger partial charge in [0.25, 0.3) is 0 Å². The Morgan fingerprint density at radius 3 is 2.64 bits per heavy atom. The van der Waals surface area contributed by atoms with Gasteiger partial charge in [-0.3, -0.25) is 0 Å². The highest BCUT2D eigenvalue weighted by molar-refractivity contribution is 7.88. The average Bonchev–Trinajstić information content (AvgIpc) is 2.49. The molecule has 0 bridgehead atoms. The van der Waals surface area contributed by atoms with Crippen LogP contribution in [0.5, 0.6) is 0 Å². The molecule has 22 heavy (non-hydrogen) atoms. The highest BCUT2D eigenvalue weighted by atomic mass is 35.5. The van der Waals surface area contributed by atoms with Crippen LogP contribution < -0.4 is 4.72 Å². The lowest BCUT2D eigenvalue weighted by Crippen LogP contribution is -2.24. The molecule has 0 aliphatic heterocycles. The van der Waals surface area contributed by atoms with Gasteiger partial charge in [0.2, 0.25) is 10.0 Å². The molecule has 0 atom stereocenters. The van der Waals surface area contributed by atoms with E-state index in [1.807, 2.05) is 6.07 Å². The molecule has 1 N–H and O–H groups in total. The minimum Gasteiger partial charge on any atom is -0.212 e. The molecule has 0 saturated heterocycles. The van der Waals surface area contributed by atoms with Crippen LogP contribution >= 0.6 is 11.6 Å². The van der Waals surface area contributed by atoms with Crippen molar-refractivity contribution in [3.05, 3.63) is 70.0 Å². The third-order valence-corrected chi connectivity index (χ3v) is 4.48. The Hall–Kier alpha value is -1.94. The molecule has 0 spiro atoms. The van der Waals surface area contributed by atoms with Crippen molar-refractivity contribution in [1.29, 1.82) is 5.26 Å². The lowest BCUT2D eigenvalue weighted by molar-refractivity contribution is 0.580. The largest absolute Gasteiger partial charge is 0.216 e. The Morgan fingerprint density at radius 1 is 1.18 bits per heavy atom. The van der Waals surface area contributed by atoms with Crippen LogP contribution in [0.25, 0.3) is 0 Å². The number of halogens is 2. The van der Waals surface area contributed by atoms with Gasteiger partial charge in [-0.15, -0.1) is 0 Å². The number of benzene rings is 2. The molecule has 0 aromatic heterocycles. The normalized spacial score (nSPS) is 11.1. The summed E-state index contributed by atoms with van der Waals surface area (Å²) in [5, 5.41) is 8.69. The van der Waals surface area contributed by atoms with Gasteiger partial charge in [-0.1, -0.05) is 29.8 Å². The van der Waals surface area contributed by atoms with E-state index in [1.54, 1.807) is 24.3 Å². The average molecular weight is 339 g/mol. The third-order valence-electron chi connectivity index (χ3n) is 2.89. The Labute approximate surface area is 133 Å². The van der Waals surface area contributed by atoms with Gasteiger partial charge in [-0.25, -0.2) is 17.5 Å². The molecule has 0 aliphatic carbocycles. The summed E-state index contributed by atoms with van der Waals surface area (Å²) in [7, 11) is -3.60. The predicted molar refractivity (Wildman–Crippen MR) is 82.0 cm³/mol. The van der Waals surface area contributed by atoms with Crippen molar-refractivity contribution >= 4 is 21.6 Å². The van der Waals surface area contributed by atoms with Crippen molar-refractivity contribution < 1.29 is 12.8 Å². The Kier molecular flexibility index (Phi) is 5.14. The fourth-order valence-corrected chi connectivity index (χ4v) is 3.15. The van der Waals surface area contributed by atoms with Crippen molar-refractivity contribution in [1.82, 2.24) is 4.72 Å². The number of nitrogens with one attached hydrogen (secondary N) is 1. The molecule has 2 aromatic carbocycles. The van der Waals surface area contributed by atoms with E-state index < -0.39 is 15.8 Å². The Bertz CT molecular complexity index is 832. The van der Waals surface area contributed by atoms with Gasteiger partial charge in [0, 0.05) is 6.54 Å². The van der Waals surface area contributed by atoms with Crippen molar-refractivity contribution in [3.8, 4) is 6.07 Å². The van der Waals surface area contributed by atoms with Gasteiger partial charge in [0.15, 0.2) is 0 Å². The number of nitriles is 1. The molecule has 0 aliphatic rings.